The van der Waals surface area contributed by atoms with Crippen molar-refractivity contribution in [3.8, 4) is 11.5 Å². The van der Waals surface area contributed by atoms with Gasteiger partial charge in [0.05, 0.1) is 11.6 Å². The summed E-state index contributed by atoms with van der Waals surface area (Å²) >= 11 is 13.9. The summed E-state index contributed by atoms with van der Waals surface area (Å²) in [6.45, 7) is 0.324. The van der Waals surface area contributed by atoms with E-state index in [1.165, 1.54) is 7.11 Å². The lowest BCUT2D eigenvalue weighted by atomic mass is 10.2. The van der Waals surface area contributed by atoms with E-state index < -0.39 is 5.91 Å². The molecule has 0 saturated heterocycles. The molecule has 2 aromatic rings. The van der Waals surface area contributed by atoms with E-state index in [0.717, 1.165) is 5.56 Å². The highest BCUT2D eigenvalue weighted by Gasteiger charge is 2.16. The molecule has 2 rings (SSSR count). The van der Waals surface area contributed by atoms with Gasteiger partial charge in [-0.25, -0.2) is 0 Å². The number of carbonyl (C=O) groups is 1. The van der Waals surface area contributed by atoms with Crippen LogP contribution in [0.3, 0.4) is 0 Å². The number of rotatable bonds is 5. The Hall–Kier alpha value is -1.83. The lowest BCUT2D eigenvalue weighted by Gasteiger charge is -2.14. The molecule has 0 bridgehead atoms. The first-order valence-electron chi connectivity index (χ1n) is 6.76. The van der Waals surface area contributed by atoms with Crippen molar-refractivity contribution in [2.24, 2.45) is 5.73 Å². The number of amides is 1. The number of carbonyl (C=O) groups excluding carboxylic acids is 1. The van der Waals surface area contributed by atoms with Gasteiger partial charge in [0.2, 0.25) is 0 Å². The summed E-state index contributed by atoms with van der Waals surface area (Å²) in [6, 6.07) is 10.5. The number of halogens is 2. The molecule has 0 atom stereocenters. The first kappa shape index (κ1) is 18.5. The number of methoxy groups -OCH3 is 1. The van der Waals surface area contributed by atoms with Gasteiger partial charge in [-0.15, -0.1) is 0 Å². The Morgan fingerprint density at radius 3 is 2.58 bits per heavy atom. The zero-order valence-corrected chi connectivity index (χ0v) is 15.8. The van der Waals surface area contributed by atoms with Gasteiger partial charge in [-0.1, -0.05) is 23.7 Å². The number of nitrogens with one attached hydrogen (secondary N) is 1. The maximum Gasteiger partial charge on any atom is 0.257 e. The molecule has 0 aliphatic carbocycles. The smallest absolute Gasteiger partial charge is 0.257 e. The Bertz CT molecular complexity index is 769. The Morgan fingerprint density at radius 2 is 2.00 bits per heavy atom. The molecule has 8 heteroatoms. The van der Waals surface area contributed by atoms with Gasteiger partial charge in [-0.2, -0.15) is 0 Å². The van der Waals surface area contributed by atoms with Crippen LogP contribution >= 0.6 is 39.7 Å². The van der Waals surface area contributed by atoms with Crippen LogP contribution < -0.4 is 20.5 Å². The second-order valence-electron chi connectivity index (χ2n) is 4.72. The molecular weight excluding hydrogens is 416 g/mol. The minimum Gasteiger partial charge on any atom is -0.493 e. The molecule has 0 radical (unpaired) electrons. The molecule has 5 nitrogen and oxygen atoms in total. The largest absolute Gasteiger partial charge is 0.493 e. The molecule has 0 fully saturated rings. The van der Waals surface area contributed by atoms with Crippen molar-refractivity contribution in [3.05, 3.63) is 57.0 Å². The number of hydrogen-bond donors (Lipinski definition) is 2. The van der Waals surface area contributed by atoms with Crippen LogP contribution in [-0.4, -0.2) is 18.1 Å². The van der Waals surface area contributed by atoms with Gasteiger partial charge in [-0.05, 0) is 58.0 Å². The normalized spacial score (nSPS) is 10.1. The predicted octanol–water partition coefficient (Wildman–Crippen LogP) is 3.66. The van der Waals surface area contributed by atoms with Crippen LogP contribution in [0.25, 0.3) is 0 Å². The summed E-state index contributed by atoms with van der Waals surface area (Å²) in [5.41, 5.74) is 6.60. The predicted molar refractivity (Wildman–Crippen MR) is 101 cm³/mol. The lowest BCUT2D eigenvalue weighted by Crippen LogP contribution is -2.34. The van der Waals surface area contributed by atoms with E-state index in [9.17, 15) is 4.79 Å². The third-order valence-corrected chi connectivity index (χ3v) is 3.97. The zero-order chi connectivity index (χ0) is 17.7. The molecule has 0 aliphatic rings. The van der Waals surface area contributed by atoms with Crippen molar-refractivity contribution in [1.82, 2.24) is 5.32 Å². The number of benzene rings is 2. The van der Waals surface area contributed by atoms with E-state index in [1.807, 2.05) is 12.1 Å². The van der Waals surface area contributed by atoms with Crippen molar-refractivity contribution in [2.75, 3.05) is 7.11 Å². The first-order valence-corrected chi connectivity index (χ1v) is 8.34. The van der Waals surface area contributed by atoms with Crippen LogP contribution in [0.4, 0.5) is 0 Å². The maximum atomic E-state index is 12.0. The topological polar surface area (TPSA) is 73.6 Å². The van der Waals surface area contributed by atoms with Crippen LogP contribution in [0.15, 0.2) is 40.9 Å². The number of hydrogen-bond acceptors (Lipinski definition) is 4. The third kappa shape index (κ3) is 4.83. The van der Waals surface area contributed by atoms with Gasteiger partial charge < -0.3 is 15.2 Å². The molecule has 0 spiro atoms. The monoisotopic (exact) mass is 428 g/mol. The fourth-order valence-electron chi connectivity index (χ4n) is 1.91. The van der Waals surface area contributed by atoms with Crippen LogP contribution in [0.5, 0.6) is 11.5 Å². The Labute approximate surface area is 158 Å². The second-order valence-corrected chi connectivity index (χ2v) is 6.45. The standard InChI is InChI=1S/C16H14BrClN2O3S/c1-22-13-7-10(15(21)20-16(19)24)6-12(17)14(13)23-8-9-2-4-11(18)5-3-9/h2-7H,8H2,1H3,(H3,19,20,21,24). The summed E-state index contributed by atoms with van der Waals surface area (Å²) in [6.07, 6.45) is 0. The van der Waals surface area contributed by atoms with Crippen molar-refractivity contribution < 1.29 is 14.3 Å². The van der Waals surface area contributed by atoms with E-state index in [4.69, 9.17) is 26.8 Å². The van der Waals surface area contributed by atoms with E-state index in [-0.39, 0.29) is 5.11 Å². The molecule has 3 N–H and O–H groups in total. The highest BCUT2D eigenvalue weighted by atomic mass is 79.9. The van der Waals surface area contributed by atoms with E-state index in [0.29, 0.717) is 33.2 Å². The van der Waals surface area contributed by atoms with E-state index >= 15 is 0 Å². The van der Waals surface area contributed by atoms with Crippen LogP contribution in [0.1, 0.15) is 15.9 Å². The molecule has 2 aromatic carbocycles. The molecule has 0 heterocycles. The highest BCUT2D eigenvalue weighted by molar-refractivity contribution is 9.10. The Balaban J connectivity index is 2.21. The first-order chi connectivity index (χ1) is 11.4. The van der Waals surface area contributed by atoms with Gasteiger partial charge in [0.1, 0.15) is 6.61 Å². The molecule has 0 aromatic heterocycles. The third-order valence-electron chi connectivity index (χ3n) is 3.02. The van der Waals surface area contributed by atoms with Gasteiger partial charge >= 0.3 is 0 Å². The average molecular weight is 430 g/mol. The van der Waals surface area contributed by atoms with Crippen LogP contribution in [-0.2, 0) is 6.61 Å². The fraction of sp³-hybridized carbons (Fsp3) is 0.125. The summed E-state index contributed by atoms with van der Waals surface area (Å²) in [4.78, 5) is 12.0. The highest BCUT2D eigenvalue weighted by Crippen LogP contribution is 2.37. The number of nitrogens with two attached hydrogens (primary N) is 1. The average Bonchev–Trinajstić information content (AvgIpc) is 2.54. The molecule has 24 heavy (non-hydrogen) atoms. The van der Waals surface area contributed by atoms with Crippen molar-refractivity contribution >= 4 is 50.8 Å². The van der Waals surface area contributed by atoms with Gasteiger partial charge in [0.25, 0.3) is 5.91 Å². The van der Waals surface area contributed by atoms with Crippen molar-refractivity contribution in [1.29, 1.82) is 0 Å². The zero-order valence-electron chi connectivity index (χ0n) is 12.6. The number of thiocarbonyl (C=S) groups is 1. The summed E-state index contributed by atoms with van der Waals surface area (Å²) in [5, 5.41) is 2.92. The van der Waals surface area contributed by atoms with Gasteiger partial charge in [0, 0.05) is 10.6 Å². The lowest BCUT2D eigenvalue weighted by molar-refractivity contribution is 0.0977. The van der Waals surface area contributed by atoms with Crippen LogP contribution in [0.2, 0.25) is 5.02 Å². The van der Waals surface area contributed by atoms with Gasteiger partial charge in [-0.3, -0.25) is 10.1 Å². The summed E-state index contributed by atoms with van der Waals surface area (Å²) < 4.78 is 11.7. The molecule has 0 saturated carbocycles. The molecule has 126 valence electrons. The SMILES string of the molecule is COc1cc(C(=O)NC(N)=S)cc(Br)c1OCc1ccc(Cl)cc1. The minimum atomic E-state index is -0.425. The summed E-state index contributed by atoms with van der Waals surface area (Å²) in [5.74, 6) is 0.469. The van der Waals surface area contributed by atoms with Crippen molar-refractivity contribution in [2.45, 2.75) is 6.61 Å². The maximum absolute atomic E-state index is 12.0. The number of ether oxygens (including phenoxy) is 2. The molecule has 0 unspecified atom stereocenters. The molecule has 0 aliphatic heterocycles. The van der Waals surface area contributed by atoms with E-state index in [1.54, 1.807) is 24.3 Å². The molecule has 1 amide bonds. The van der Waals surface area contributed by atoms with Gasteiger partial charge in [0.15, 0.2) is 16.6 Å². The minimum absolute atomic E-state index is 0.0989. The van der Waals surface area contributed by atoms with Crippen molar-refractivity contribution in [3.63, 3.8) is 0 Å². The second kappa shape index (κ2) is 8.32. The quantitative estimate of drug-likeness (QED) is 0.710. The fourth-order valence-corrected chi connectivity index (χ4v) is 2.69. The Kier molecular flexibility index (Phi) is 6.42. The Morgan fingerprint density at radius 1 is 1.33 bits per heavy atom. The van der Waals surface area contributed by atoms with Crippen LogP contribution in [0, 0.1) is 0 Å². The summed E-state index contributed by atoms with van der Waals surface area (Å²) in [7, 11) is 1.49. The molecular formula is C16H14BrClN2O3S. The van der Waals surface area contributed by atoms with E-state index in [2.05, 4.69) is 33.5 Å².